The molecule has 2 heterocycles. The Labute approximate surface area is 143 Å². The SMILES string of the molecule is C=CCNC(=O)[C@@H](C)OC(=O)c1cc2c(s1)-c1ccccc1OC2. The number of fused-ring (bicyclic) bond motifs is 3. The fraction of sp³-hybridized carbons (Fsp3) is 0.222. The Bertz CT molecular complexity index is 796. The summed E-state index contributed by atoms with van der Waals surface area (Å²) in [6.07, 6.45) is 0.706. The lowest BCUT2D eigenvalue weighted by molar-refractivity contribution is -0.128. The first kappa shape index (κ1) is 16.3. The summed E-state index contributed by atoms with van der Waals surface area (Å²) < 4.78 is 10.9. The van der Waals surface area contributed by atoms with Crippen molar-refractivity contribution in [1.82, 2.24) is 5.32 Å². The van der Waals surface area contributed by atoms with Gasteiger partial charge in [0.25, 0.3) is 5.91 Å². The number of thiophene rings is 1. The maximum Gasteiger partial charge on any atom is 0.349 e. The third-order valence-electron chi connectivity index (χ3n) is 3.60. The Morgan fingerprint density at radius 3 is 3.04 bits per heavy atom. The van der Waals surface area contributed by atoms with E-state index in [1.54, 1.807) is 19.1 Å². The van der Waals surface area contributed by atoms with Crippen LogP contribution in [0.1, 0.15) is 22.2 Å². The van der Waals surface area contributed by atoms with Crippen LogP contribution in [0.3, 0.4) is 0 Å². The normalized spacial score (nSPS) is 13.0. The van der Waals surface area contributed by atoms with Crippen molar-refractivity contribution in [3.05, 3.63) is 53.4 Å². The molecule has 0 saturated carbocycles. The molecular formula is C18H17NO4S. The summed E-state index contributed by atoms with van der Waals surface area (Å²) in [6.45, 7) is 5.82. The van der Waals surface area contributed by atoms with Crippen LogP contribution in [-0.4, -0.2) is 24.5 Å². The van der Waals surface area contributed by atoms with Crippen LogP contribution < -0.4 is 10.1 Å². The molecule has 0 spiro atoms. The van der Waals surface area contributed by atoms with E-state index in [1.807, 2.05) is 24.3 Å². The molecule has 6 heteroatoms. The van der Waals surface area contributed by atoms with Gasteiger partial charge in [0.2, 0.25) is 0 Å². The maximum atomic E-state index is 12.3. The molecule has 24 heavy (non-hydrogen) atoms. The number of rotatable bonds is 5. The second kappa shape index (κ2) is 6.88. The average molecular weight is 343 g/mol. The topological polar surface area (TPSA) is 64.6 Å². The molecular weight excluding hydrogens is 326 g/mol. The molecule has 0 bridgehead atoms. The average Bonchev–Trinajstić information content (AvgIpc) is 3.04. The highest BCUT2D eigenvalue weighted by Gasteiger charge is 2.25. The number of amides is 1. The zero-order valence-corrected chi connectivity index (χ0v) is 14.0. The van der Waals surface area contributed by atoms with Crippen LogP contribution in [-0.2, 0) is 16.1 Å². The molecule has 0 saturated heterocycles. The van der Waals surface area contributed by atoms with E-state index in [0.29, 0.717) is 18.0 Å². The van der Waals surface area contributed by atoms with E-state index >= 15 is 0 Å². The number of carbonyl (C=O) groups excluding carboxylic acids is 2. The summed E-state index contributed by atoms with van der Waals surface area (Å²) in [5.74, 6) is -0.0460. The number of hydrogen-bond acceptors (Lipinski definition) is 5. The molecule has 1 N–H and O–H groups in total. The van der Waals surface area contributed by atoms with E-state index in [1.165, 1.54) is 11.3 Å². The molecule has 1 aromatic heterocycles. The van der Waals surface area contributed by atoms with E-state index in [9.17, 15) is 9.59 Å². The molecule has 3 rings (SSSR count). The van der Waals surface area contributed by atoms with Gasteiger partial charge in [-0.05, 0) is 25.1 Å². The fourth-order valence-corrected chi connectivity index (χ4v) is 3.47. The summed E-state index contributed by atoms with van der Waals surface area (Å²) in [5, 5.41) is 2.60. The second-order valence-corrected chi connectivity index (χ2v) is 6.38. The predicted octanol–water partition coefficient (Wildman–Crippen LogP) is 3.16. The molecule has 124 valence electrons. The monoisotopic (exact) mass is 343 g/mol. The fourth-order valence-electron chi connectivity index (χ4n) is 2.39. The van der Waals surface area contributed by atoms with Crippen molar-refractivity contribution in [2.75, 3.05) is 6.54 Å². The lowest BCUT2D eigenvalue weighted by atomic mass is 10.1. The van der Waals surface area contributed by atoms with Crippen molar-refractivity contribution >= 4 is 23.2 Å². The van der Waals surface area contributed by atoms with Crippen molar-refractivity contribution in [3.8, 4) is 16.2 Å². The highest BCUT2D eigenvalue weighted by atomic mass is 32.1. The molecule has 0 radical (unpaired) electrons. The number of para-hydroxylation sites is 1. The van der Waals surface area contributed by atoms with Crippen LogP contribution in [0.2, 0.25) is 0 Å². The van der Waals surface area contributed by atoms with Gasteiger partial charge in [-0.1, -0.05) is 18.2 Å². The van der Waals surface area contributed by atoms with Gasteiger partial charge in [0.05, 0.1) is 0 Å². The van der Waals surface area contributed by atoms with Crippen molar-refractivity contribution in [2.24, 2.45) is 0 Å². The van der Waals surface area contributed by atoms with E-state index < -0.39 is 12.1 Å². The Morgan fingerprint density at radius 1 is 1.46 bits per heavy atom. The van der Waals surface area contributed by atoms with Crippen molar-refractivity contribution in [1.29, 1.82) is 0 Å². The highest BCUT2D eigenvalue weighted by Crippen LogP contribution is 2.42. The van der Waals surface area contributed by atoms with Gasteiger partial charge in [0, 0.05) is 22.5 Å². The lowest BCUT2D eigenvalue weighted by Crippen LogP contribution is -2.35. The number of esters is 1. The van der Waals surface area contributed by atoms with E-state index in [0.717, 1.165) is 21.8 Å². The summed E-state index contributed by atoms with van der Waals surface area (Å²) in [4.78, 5) is 25.6. The molecule has 1 aromatic carbocycles. The molecule has 2 aromatic rings. The molecule has 1 aliphatic heterocycles. The first-order valence-corrected chi connectivity index (χ1v) is 8.36. The molecule has 1 aliphatic rings. The van der Waals surface area contributed by atoms with Crippen LogP contribution in [0.5, 0.6) is 5.75 Å². The number of nitrogens with one attached hydrogen (secondary N) is 1. The molecule has 0 aliphatic carbocycles. The second-order valence-electron chi connectivity index (χ2n) is 5.33. The van der Waals surface area contributed by atoms with Crippen molar-refractivity contribution in [3.63, 3.8) is 0 Å². The highest BCUT2D eigenvalue weighted by molar-refractivity contribution is 7.17. The summed E-state index contributed by atoms with van der Waals surface area (Å²) >= 11 is 1.36. The zero-order valence-electron chi connectivity index (χ0n) is 13.2. The Kier molecular flexibility index (Phi) is 4.66. The molecule has 1 atom stereocenters. The Balaban J connectivity index is 1.75. The number of hydrogen-bond donors (Lipinski definition) is 1. The van der Waals surface area contributed by atoms with Gasteiger partial charge in [-0.2, -0.15) is 0 Å². The minimum Gasteiger partial charge on any atom is -0.488 e. The summed E-state index contributed by atoms with van der Waals surface area (Å²) in [5.41, 5.74) is 1.92. The van der Waals surface area contributed by atoms with Crippen molar-refractivity contribution in [2.45, 2.75) is 19.6 Å². The molecule has 0 unspecified atom stereocenters. The van der Waals surface area contributed by atoms with Crippen LogP contribution in [0, 0.1) is 0 Å². The van der Waals surface area contributed by atoms with Crippen molar-refractivity contribution < 1.29 is 19.1 Å². The first-order chi connectivity index (χ1) is 11.6. The number of ether oxygens (including phenoxy) is 2. The first-order valence-electron chi connectivity index (χ1n) is 7.54. The lowest BCUT2D eigenvalue weighted by Gasteiger charge is -2.16. The van der Waals surface area contributed by atoms with Crippen LogP contribution in [0.25, 0.3) is 10.4 Å². The van der Waals surface area contributed by atoms with E-state index in [4.69, 9.17) is 9.47 Å². The minimum atomic E-state index is -0.861. The van der Waals surface area contributed by atoms with Crippen LogP contribution >= 0.6 is 11.3 Å². The minimum absolute atomic E-state index is 0.335. The third-order valence-corrected chi connectivity index (χ3v) is 4.79. The van der Waals surface area contributed by atoms with E-state index in [-0.39, 0.29) is 5.91 Å². The Hall–Kier alpha value is -2.60. The number of carbonyl (C=O) groups is 2. The standard InChI is InChI=1S/C18H17NO4S/c1-3-8-19-17(20)11(2)23-18(21)15-9-12-10-22-14-7-5-4-6-13(14)16(12)24-15/h3-7,9,11H,1,8,10H2,2H3,(H,19,20)/t11-/m1/s1. The van der Waals surface area contributed by atoms with Gasteiger partial charge >= 0.3 is 5.97 Å². The van der Waals surface area contributed by atoms with Crippen LogP contribution in [0.15, 0.2) is 43.0 Å². The van der Waals surface area contributed by atoms with Gasteiger partial charge in [-0.15, -0.1) is 17.9 Å². The van der Waals surface area contributed by atoms with Gasteiger partial charge in [-0.3, -0.25) is 4.79 Å². The smallest absolute Gasteiger partial charge is 0.349 e. The zero-order chi connectivity index (χ0) is 17.1. The van der Waals surface area contributed by atoms with Gasteiger partial charge in [0.15, 0.2) is 6.10 Å². The molecule has 1 amide bonds. The largest absolute Gasteiger partial charge is 0.488 e. The van der Waals surface area contributed by atoms with Crippen LogP contribution in [0.4, 0.5) is 0 Å². The van der Waals surface area contributed by atoms with Gasteiger partial charge < -0.3 is 14.8 Å². The quantitative estimate of drug-likeness (QED) is 0.669. The summed E-state index contributed by atoms with van der Waals surface area (Å²) in [7, 11) is 0. The van der Waals surface area contributed by atoms with Gasteiger partial charge in [-0.25, -0.2) is 4.79 Å². The summed E-state index contributed by atoms with van der Waals surface area (Å²) in [6, 6.07) is 9.48. The van der Waals surface area contributed by atoms with Gasteiger partial charge in [0.1, 0.15) is 17.2 Å². The predicted molar refractivity (Wildman–Crippen MR) is 92.2 cm³/mol. The maximum absolute atomic E-state index is 12.3. The molecule has 0 fully saturated rings. The molecule has 5 nitrogen and oxygen atoms in total. The van der Waals surface area contributed by atoms with E-state index in [2.05, 4.69) is 11.9 Å². The number of benzene rings is 1. The Morgan fingerprint density at radius 2 is 2.25 bits per heavy atom. The third kappa shape index (κ3) is 3.19.